The van der Waals surface area contributed by atoms with Crippen LogP contribution >= 0.6 is 22.9 Å². The van der Waals surface area contributed by atoms with Crippen molar-refractivity contribution in [3.8, 4) is 0 Å². The van der Waals surface area contributed by atoms with Crippen LogP contribution in [0, 0.1) is 0 Å². The summed E-state index contributed by atoms with van der Waals surface area (Å²) >= 11 is 7.36. The maximum atomic E-state index is 13.5. The number of methoxy groups -OCH3 is 1. The van der Waals surface area contributed by atoms with Crippen LogP contribution in [0.2, 0.25) is 5.02 Å². The molecule has 0 saturated heterocycles. The number of carbonyl (C=O) groups is 2. The molecule has 0 fully saturated rings. The van der Waals surface area contributed by atoms with Crippen LogP contribution < -0.4 is 9.62 Å². The molecular formula is C25H22ClF3N2O5S2. The number of alkyl halides is 3. The molecule has 0 aliphatic heterocycles. The van der Waals surface area contributed by atoms with Crippen LogP contribution in [0.5, 0.6) is 0 Å². The van der Waals surface area contributed by atoms with Gasteiger partial charge in [-0.1, -0.05) is 29.8 Å². The van der Waals surface area contributed by atoms with Crippen molar-refractivity contribution in [3.63, 3.8) is 0 Å². The molecule has 0 radical (unpaired) electrons. The molecule has 0 spiro atoms. The van der Waals surface area contributed by atoms with Crippen molar-refractivity contribution in [3.05, 3.63) is 75.1 Å². The summed E-state index contributed by atoms with van der Waals surface area (Å²) in [5.74, 6) is -1.52. The Morgan fingerprint density at radius 3 is 2.45 bits per heavy atom. The second kappa shape index (κ2) is 11.0. The maximum Gasteiger partial charge on any atom is 0.416 e. The van der Waals surface area contributed by atoms with E-state index in [9.17, 15) is 31.2 Å². The highest BCUT2D eigenvalue weighted by molar-refractivity contribution is 7.92. The smallest absolute Gasteiger partial charge is 0.416 e. The fourth-order valence-corrected chi connectivity index (χ4v) is 7.18. The van der Waals surface area contributed by atoms with Crippen LogP contribution in [0.1, 0.15) is 39.2 Å². The largest absolute Gasteiger partial charge is 0.465 e. The van der Waals surface area contributed by atoms with Crippen LogP contribution in [0.25, 0.3) is 0 Å². The zero-order valence-electron chi connectivity index (χ0n) is 20.0. The number of halogens is 4. The van der Waals surface area contributed by atoms with Gasteiger partial charge in [0.15, 0.2) is 0 Å². The number of amides is 1. The minimum atomic E-state index is -4.78. The Kier molecular flexibility index (Phi) is 8.05. The minimum absolute atomic E-state index is 0.195. The number of hydrogen-bond acceptors (Lipinski definition) is 6. The second-order valence-corrected chi connectivity index (χ2v) is 11.8. The SMILES string of the molecule is COC(=O)c1c(NC(=O)CN(c2cc(C(F)(F)F)ccc2Cl)S(=O)(=O)c2ccccc2)sc2c1CCCC2. The molecule has 3 aromatic rings. The van der Waals surface area contributed by atoms with Gasteiger partial charge in [-0.3, -0.25) is 9.10 Å². The predicted octanol–water partition coefficient (Wildman–Crippen LogP) is 5.92. The fraction of sp³-hybridized carbons (Fsp3) is 0.280. The summed E-state index contributed by atoms with van der Waals surface area (Å²) in [5, 5.41) is 2.47. The highest BCUT2D eigenvalue weighted by Crippen LogP contribution is 2.40. The van der Waals surface area contributed by atoms with Gasteiger partial charge in [-0.15, -0.1) is 11.3 Å². The zero-order valence-corrected chi connectivity index (χ0v) is 22.4. The molecule has 0 atom stereocenters. The Bertz CT molecular complexity index is 1470. The van der Waals surface area contributed by atoms with Crippen LogP contribution in [0.3, 0.4) is 0 Å². The van der Waals surface area contributed by atoms with E-state index in [4.69, 9.17) is 16.3 Å². The van der Waals surface area contributed by atoms with E-state index < -0.39 is 45.9 Å². The van der Waals surface area contributed by atoms with E-state index in [0.717, 1.165) is 35.4 Å². The second-order valence-electron chi connectivity index (χ2n) is 8.44. The first-order chi connectivity index (χ1) is 17.9. The molecule has 1 N–H and O–H groups in total. The Morgan fingerprint density at radius 1 is 1.11 bits per heavy atom. The molecule has 1 amide bonds. The number of nitrogens with one attached hydrogen (secondary N) is 1. The lowest BCUT2D eigenvalue weighted by atomic mass is 9.95. The number of anilines is 2. The van der Waals surface area contributed by atoms with Gasteiger partial charge in [0.2, 0.25) is 5.91 Å². The Labute approximate surface area is 226 Å². The standard InChI is InChI=1S/C25H22ClF3N2O5S2/c1-36-24(33)22-17-9-5-6-10-20(17)37-23(22)30-21(32)14-31(38(34,35)16-7-3-2-4-8-16)19-13-15(25(27,28)29)11-12-18(19)26/h2-4,7-8,11-13H,5-6,9-10,14H2,1H3,(H,30,32). The highest BCUT2D eigenvalue weighted by Gasteiger charge is 2.35. The van der Waals surface area contributed by atoms with E-state index in [1.165, 1.54) is 42.7 Å². The number of fused-ring (bicyclic) bond motifs is 1. The quantitative estimate of drug-likeness (QED) is 0.347. The Balaban J connectivity index is 1.75. The van der Waals surface area contributed by atoms with Crippen LogP contribution in [-0.4, -0.2) is 33.9 Å². The third-order valence-corrected chi connectivity index (χ3v) is 9.28. The summed E-state index contributed by atoms with van der Waals surface area (Å²) in [6.07, 6.45) is -1.67. The molecular weight excluding hydrogens is 565 g/mol. The number of benzene rings is 2. The number of nitrogens with zero attached hydrogens (tertiary/aromatic N) is 1. The first kappa shape index (κ1) is 27.9. The van der Waals surface area contributed by atoms with E-state index in [1.54, 1.807) is 6.07 Å². The molecule has 38 heavy (non-hydrogen) atoms. The summed E-state index contributed by atoms with van der Waals surface area (Å²) in [4.78, 5) is 26.4. The first-order valence-corrected chi connectivity index (χ1v) is 14.0. The van der Waals surface area contributed by atoms with Gasteiger partial charge in [-0.25, -0.2) is 13.2 Å². The maximum absolute atomic E-state index is 13.5. The predicted molar refractivity (Wildman–Crippen MR) is 138 cm³/mol. The molecule has 202 valence electrons. The third kappa shape index (κ3) is 5.67. The van der Waals surface area contributed by atoms with E-state index in [1.807, 2.05) is 0 Å². The van der Waals surface area contributed by atoms with E-state index in [0.29, 0.717) is 23.2 Å². The van der Waals surface area contributed by atoms with Crippen molar-refractivity contribution in [2.24, 2.45) is 0 Å². The van der Waals surface area contributed by atoms with Gasteiger partial charge in [-0.2, -0.15) is 13.2 Å². The molecule has 7 nitrogen and oxygen atoms in total. The molecule has 1 aliphatic carbocycles. The number of rotatable bonds is 7. The molecule has 2 aromatic carbocycles. The van der Waals surface area contributed by atoms with Crippen LogP contribution in [0.4, 0.5) is 23.9 Å². The summed E-state index contributed by atoms with van der Waals surface area (Å²) < 4.78 is 72.9. The average molecular weight is 587 g/mol. The zero-order chi connectivity index (χ0) is 27.7. The molecule has 0 bridgehead atoms. The highest BCUT2D eigenvalue weighted by atomic mass is 35.5. The number of hydrogen-bond donors (Lipinski definition) is 1. The van der Waals surface area contributed by atoms with E-state index in [2.05, 4.69) is 5.32 Å². The monoisotopic (exact) mass is 586 g/mol. The number of carbonyl (C=O) groups excluding carboxylic acids is 2. The first-order valence-electron chi connectivity index (χ1n) is 11.4. The number of sulfonamides is 1. The molecule has 0 saturated carbocycles. The molecule has 1 heterocycles. The van der Waals surface area contributed by atoms with Crippen molar-refractivity contribution in [1.82, 2.24) is 0 Å². The number of aryl methyl sites for hydroxylation is 1. The topological polar surface area (TPSA) is 92.8 Å². The average Bonchev–Trinajstić information content (AvgIpc) is 3.24. The lowest BCUT2D eigenvalue weighted by Crippen LogP contribution is -2.38. The third-order valence-electron chi connectivity index (χ3n) is 5.97. The number of ether oxygens (including phenoxy) is 1. The van der Waals surface area contributed by atoms with Gasteiger partial charge in [-0.05, 0) is 61.6 Å². The lowest BCUT2D eigenvalue weighted by Gasteiger charge is -2.25. The van der Waals surface area contributed by atoms with Gasteiger partial charge >= 0.3 is 12.1 Å². The van der Waals surface area contributed by atoms with Crippen LogP contribution in [0.15, 0.2) is 53.4 Å². The summed E-state index contributed by atoms with van der Waals surface area (Å²) in [6.45, 7) is -0.901. The summed E-state index contributed by atoms with van der Waals surface area (Å²) in [6, 6.07) is 9.19. The molecule has 4 rings (SSSR count). The van der Waals surface area contributed by atoms with Gasteiger partial charge in [0, 0.05) is 4.88 Å². The van der Waals surface area contributed by atoms with Crippen LogP contribution in [-0.2, 0) is 38.6 Å². The molecule has 0 unspecified atom stereocenters. The molecule has 1 aliphatic rings. The Hall–Kier alpha value is -3.09. The summed E-state index contributed by atoms with van der Waals surface area (Å²) in [7, 11) is -3.31. The van der Waals surface area contributed by atoms with Gasteiger partial charge in [0.25, 0.3) is 10.0 Å². The molecule has 13 heteroatoms. The van der Waals surface area contributed by atoms with Gasteiger partial charge in [0.1, 0.15) is 11.5 Å². The number of esters is 1. The minimum Gasteiger partial charge on any atom is -0.465 e. The summed E-state index contributed by atoms with van der Waals surface area (Å²) in [5.41, 5.74) is -0.670. The van der Waals surface area contributed by atoms with E-state index in [-0.39, 0.29) is 20.5 Å². The van der Waals surface area contributed by atoms with E-state index >= 15 is 0 Å². The lowest BCUT2D eigenvalue weighted by molar-refractivity contribution is -0.137. The van der Waals surface area contributed by atoms with Crippen molar-refractivity contribution >= 4 is 55.5 Å². The fourth-order valence-electron chi connectivity index (χ4n) is 4.17. The van der Waals surface area contributed by atoms with Crippen molar-refractivity contribution in [1.29, 1.82) is 0 Å². The normalized spacial score (nSPS) is 13.5. The van der Waals surface area contributed by atoms with Crippen molar-refractivity contribution < 1.29 is 35.9 Å². The molecule has 1 aromatic heterocycles. The van der Waals surface area contributed by atoms with Crippen molar-refractivity contribution in [2.75, 3.05) is 23.3 Å². The number of thiophene rings is 1. The van der Waals surface area contributed by atoms with Gasteiger partial charge < -0.3 is 10.1 Å². The van der Waals surface area contributed by atoms with Gasteiger partial charge in [0.05, 0.1) is 33.8 Å². The Morgan fingerprint density at radius 2 is 1.79 bits per heavy atom. The van der Waals surface area contributed by atoms with Crippen molar-refractivity contribution in [2.45, 2.75) is 36.8 Å².